The third-order valence-corrected chi connectivity index (χ3v) is 4.08. The maximum Gasteiger partial charge on any atom is 0.354 e. The van der Waals surface area contributed by atoms with Gasteiger partial charge < -0.3 is 10.2 Å². The minimum absolute atomic E-state index is 0. The number of para-hydroxylation sites is 1. The van der Waals surface area contributed by atoms with Gasteiger partial charge in [-0.05, 0) is 54.4 Å². The molecule has 4 heteroatoms. The maximum atomic E-state index is 10.6. The van der Waals surface area contributed by atoms with Crippen LogP contribution in [-0.4, -0.2) is 21.2 Å². The first kappa shape index (κ1) is 33.3. The van der Waals surface area contributed by atoms with Crippen molar-refractivity contribution in [2.75, 3.05) is 0 Å². The lowest BCUT2D eigenvalue weighted by molar-refractivity contribution is 0.0690. The predicted octanol–water partition coefficient (Wildman–Crippen LogP) is 7.89. The molecule has 0 bridgehead atoms. The van der Waals surface area contributed by atoms with Crippen molar-refractivity contribution < 1.29 is 15.0 Å². The number of hydrogen-bond acceptors (Lipinski definition) is 3. The largest absolute Gasteiger partial charge is 0.508 e. The van der Waals surface area contributed by atoms with Crippen molar-refractivity contribution >= 4 is 5.97 Å². The molecule has 4 nitrogen and oxygen atoms in total. The molecule has 178 valence electrons. The highest BCUT2D eigenvalue weighted by Gasteiger charge is 2.05. The molecule has 0 radical (unpaired) electrons. The van der Waals surface area contributed by atoms with E-state index < -0.39 is 5.97 Å². The molecule has 0 saturated heterocycles. The van der Waals surface area contributed by atoms with Crippen molar-refractivity contribution in [1.82, 2.24) is 4.98 Å². The van der Waals surface area contributed by atoms with Crippen LogP contribution < -0.4 is 0 Å². The van der Waals surface area contributed by atoms with Gasteiger partial charge in [0.2, 0.25) is 0 Å². The summed E-state index contributed by atoms with van der Waals surface area (Å²) in [5, 5.41) is 18.0. The van der Waals surface area contributed by atoms with Crippen LogP contribution in [0.4, 0.5) is 0 Å². The van der Waals surface area contributed by atoms with E-state index in [4.69, 9.17) is 5.11 Å². The fourth-order valence-corrected chi connectivity index (χ4v) is 2.25. The van der Waals surface area contributed by atoms with Gasteiger partial charge in [0, 0.05) is 5.69 Å². The highest BCUT2D eigenvalue weighted by Crippen LogP contribution is 2.18. The summed E-state index contributed by atoms with van der Waals surface area (Å²) in [6.45, 7) is 15.1. The standard InChI is InChI=1S/C10H13NO2.C10H14O.C5H12.2CH4/c1-7(2)6-8-4-3-5-9(11-8)10(12)13;1-8(2)7-9-5-3-4-6-10(9)11;1-4-5(2)3;;/h3-5,7H,6H2,1-2H3,(H,12,13);3-6,8,11H,7H2,1-2H3;5H,4H2,1-3H3;2*1H4. The Hall–Kier alpha value is -2.36. The zero-order valence-corrected chi connectivity index (χ0v) is 19.1. The minimum Gasteiger partial charge on any atom is -0.508 e. The average molecular weight is 434 g/mol. The zero-order valence-electron chi connectivity index (χ0n) is 19.1. The number of aromatic nitrogens is 1. The number of aromatic carboxylic acids is 1. The van der Waals surface area contributed by atoms with E-state index in [-0.39, 0.29) is 20.5 Å². The van der Waals surface area contributed by atoms with E-state index in [0.717, 1.165) is 30.0 Å². The van der Waals surface area contributed by atoms with E-state index in [1.165, 1.54) is 12.5 Å². The van der Waals surface area contributed by atoms with Gasteiger partial charge in [-0.25, -0.2) is 9.78 Å². The van der Waals surface area contributed by atoms with Crippen LogP contribution >= 0.6 is 0 Å². The number of carbonyl (C=O) groups is 1. The molecule has 1 aromatic heterocycles. The Labute approximate surface area is 191 Å². The first-order chi connectivity index (χ1) is 13.6. The van der Waals surface area contributed by atoms with Crippen LogP contribution in [0.25, 0.3) is 0 Å². The number of carboxylic acid groups (broad SMARTS) is 1. The molecule has 0 atom stereocenters. The molecule has 1 aromatic carbocycles. The van der Waals surface area contributed by atoms with Crippen molar-refractivity contribution in [3.8, 4) is 5.75 Å². The fourth-order valence-electron chi connectivity index (χ4n) is 2.25. The summed E-state index contributed by atoms with van der Waals surface area (Å²) >= 11 is 0. The molecule has 0 fully saturated rings. The molecule has 2 aromatic rings. The number of rotatable bonds is 6. The molecule has 1 heterocycles. The number of phenolic OH excluding ortho intramolecular Hbond substituents is 1. The van der Waals surface area contributed by atoms with Gasteiger partial charge >= 0.3 is 5.97 Å². The number of hydrogen-bond donors (Lipinski definition) is 2. The van der Waals surface area contributed by atoms with E-state index in [2.05, 4.69) is 53.5 Å². The fraction of sp³-hybridized carbons (Fsp3) is 0.556. The van der Waals surface area contributed by atoms with Crippen LogP contribution in [0.3, 0.4) is 0 Å². The lowest BCUT2D eigenvalue weighted by atomic mass is 10.0. The van der Waals surface area contributed by atoms with Crippen LogP contribution in [0.2, 0.25) is 0 Å². The number of aromatic hydroxyl groups is 1. The van der Waals surface area contributed by atoms with Crippen molar-refractivity contribution in [3.63, 3.8) is 0 Å². The number of pyridine rings is 1. The van der Waals surface area contributed by atoms with E-state index in [9.17, 15) is 9.90 Å². The predicted molar refractivity (Wildman–Crippen MR) is 135 cm³/mol. The van der Waals surface area contributed by atoms with Gasteiger partial charge in [-0.15, -0.1) is 0 Å². The molecule has 0 saturated carbocycles. The normalized spacial score (nSPS) is 9.61. The van der Waals surface area contributed by atoms with Gasteiger partial charge in [0.15, 0.2) is 0 Å². The Morgan fingerprint density at radius 2 is 1.35 bits per heavy atom. The monoisotopic (exact) mass is 433 g/mol. The molecule has 0 spiro atoms. The minimum atomic E-state index is -0.967. The third kappa shape index (κ3) is 17.1. The van der Waals surface area contributed by atoms with E-state index >= 15 is 0 Å². The number of phenols is 1. The molecular weight excluding hydrogens is 386 g/mol. The average Bonchev–Trinajstić information content (AvgIpc) is 2.64. The Morgan fingerprint density at radius 3 is 1.77 bits per heavy atom. The SMILES string of the molecule is C.C.CC(C)Cc1cccc(C(=O)O)n1.CC(C)Cc1ccccc1O.CCC(C)C. The van der Waals surface area contributed by atoms with Gasteiger partial charge in [-0.1, -0.05) is 94.0 Å². The third-order valence-electron chi connectivity index (χ3n) is 4.08. The second-order valence-electron chi connectivity index (χ2n) is 8.45. The zero-order chi connectivity index (χ0) is 22.4. The Kier molecular flexibility index (Phi) is 19.8. The molecule has 0 amide bonds. The molecule has 0 aliphatic heterocycles. The summed E-state index contributed by atoms with van der Waals surface area (Å²) in [7, 11) is 0. The van der Waals surface area contributed by atoms with E-state index in [0.29, 0.717) is 17.6 Å². The topological polar surface area (TPSA) is 70.4 Å². The van der Waals surface area contributed by atoms with Gasteiger partial charge in [-0.2, -0.15) is 0 Å². The van der Waals surface area contributed by atoms with Crippen LogP contribution in [0.5, 0.6) is 5.75 Å². The first-order valence-corrected chi connectivity index (χ1v) is 10.5. The van der Waals surface area contributed by atoms with Gasteiger partial charge in [0.05, 0.1) is 0 Å². The van der Waals surface area contributed by atoms with Crippen molar-refractivity contribution in [2.45, 2.75) is 82.6 Å². The summed E-state index contributed by atoms with van der Waals surface area (Å²) in [6, 6.07) is 12.6. The molecule has 0 aliphatic carbocycles. The van der Waals surface area contributed by atoms with Crippen LogP contribution in [0.1, 0.15) is 91.5 Å². The van der Waals surface area contributed by atoms with Crippen LogP contribution in [-0.2, 0) is 12.8 Å². The second kappa shape index (κ2) is 18.4. The maximum absolute atomic E-state index is 10.6. The van der Waals surface area contributed by atoms with Crippen molar-refractivity contribution in [1.29, 1.82) is 0 Å². The molecule has 0 aliphatic rings. The Bertz CT molecular complexity index is 709. The van der Waals surface area contributed by atoms with Gasteiger partial charge in [-0.3, -0.25) is 0 Å². The summed E-state index contributed by atoms with van der Waals surface area (Å²) in [6.07, 6.45) is 3.08. The lowest BCUT2D eigenvalue weighted by Crippen LogP contribution is -2.04. The highest BCUT2D eigenvalue weighted by atomic mass is 16.4. The molecule has 0 unspecified atom stereocenters. The van der Waals surface area contributed by atoms with Crippen molar-refractivity contribution in [2.24, 2.45) is 17.8 Å². The lowest BCUT2D eigenvalue weighted by Gasteiger charge is -2.05. The smallest absolute Gasteiger partial charge is 0.354 e. The van der Waals surface area contributed by atoms with E-state index in [1.54, 1.807) is 12.1 Å². The summed E-state index contributed by atoms with van der Waals surface area (Å²) in [5.41, 5.74) is 2.01. The Balaban J connectivity index is -0.000000399. The van der Waals surface area contributed by atoms with Gasteiger partial charge in [0.1, 0.15) is 11.4 Å². The summed E-state index contributed by atoms with van der Waals surface area (Å²) in [5.74, 6) is 1.43. The summed E-state index contributed by atoms with van der Waals surface area (Å²) < 4.78 is 0. The van der Waals surface area contributed by atoms with E-state index in [1.807, 2.05) is 24.3 Å². The molecular formula is C27H47NO3. The highest BCUT2D eigenvalue weighted by molar-refractivity contribution is 5.85. The van der Waals surface area contributed by atoms with Gasteiger partial charge in [0.25, 0.3) is 0 Å². The second-order valence-corrected chi connectivity index (χ2v) is 8.45. The molecule has 2 rings (SSSR count). The Morgan fingerprint density at radius 1 is 0.839 bits per heavy atom. The summed E-state index contributed by atoms with van der Waals surface area (Å²) in [4.78, 5) is 14.6. The quantitative estimate of drug-likeness (QED) is 0.486. The van der Waals surface area contributed by atoms with Crippen LogP contribution in [0.15, 0.2) is 42.5 Å². The molecule has 31 heavy (non-hydrogen) atoms. The number of nitrogens with zero attached hydrogens (tertiary/aromatic N) is 1. The molecule has 2 N–H and O–H groups in total. The number of carboxylic acids is 1. The van der Waals surface area contributed by atoms with Crippen molar-refractivity contribution in [3.05, 3.63) is 59.4 Å². The van der Waals surface area contributed by atoms with Crippen LogP contribution in [0, 0.1) is 17.8 Å². The first-order valence-electron chi connectivity index (χ1n) is 10.5. The number of benzene rings is 1.